The van der Waals surface area contributed by atoms with Crippen molar-refractivity contribution in [1.82, 2.24) is 0 Å². The molecule has 4 aliphatic rings. The number of esters is 1. The van der Waals surface area contributed by atoms with E-state index in [9.17, 15) is 4.79 Å². The van der Waals surface area contributed by atoms with Gasteiger partial charge in [-0.1, -0.05) is 26.7 Å². The van der Waals surface area contributed by atoms with Crippen molar-refractivity contribution in [3.8, 4) is 0 Å². The molecule has 0 radical (unpaired) electrons. The van der Waals surface area contributed by atoms with Crippen LogP contribution in [-0.2, 0) is 9.53 Å². The highest BCUT2D eigenvalue weighted by Crippen LogP contribution is 2.63. The molecule has 0 unspecified atom stereocenters. The van der Waals surface area contributed by atoms with Crippen molar-refractivity contribution in [2.45, 2.75) is 77.7 Å². The number of fused-ring (bicyclic) bond motifs is 5. The molecular formula is C18H28O2. The van der Waals surface area contributed by atoms with Gasteiger partial charge in [0.25, 0.3) is 0 Å². The summed E-state index contributed by atoms with van der Waals surface area (Å²) in [4.78, 5) is 12.7. The number of carbonyl (C=O) groups is 1. The van der Waals surface area contributed by atoms with Crippen LogP contribution in [0.3, 0.4) is 0 Å². The summed E-state index contributed by atoms with van der Waals surface area (Å²) >= 11 is 0. The zero-order valence-corrected chi connectivity index (χ0v) is 13.0. The fourth-order valence-corrected chi connectivity index (χ4v) is 6.36. The number of hydrogen-bond acceptors (Lipinski definition) is 2. The van der Waals surface area contributed by atoms with Crippen molar-refractivity contribution in [2.24, 2.45) is 28.6 Å². The fraction of sp³-hybridized carbons (Fsp3) is 0.944. The third-order valence-corrected chi connectivity index (χ3v) is 7.60. The Labute approximate surface area is 122 Å². The molecule has 112 valence electrons. The quantitative estimate of drug-likeness (QED) is 0.616. The van der Waals surface area contributed by atoms with Crippen molar-refractivity contribution in [2.75, 3.05) is 0 Å². The standard InChI is InChI=1S/C18H28O2/c1-17-9-5-6-12(17)15-13(8-11-17)18(2)10-4-3-7-14(18)20-16(15)19/h12-15H,3-11H2,1-2H3/t12-,13-,14-,15-,17-,18+/m0/s1. The highest BCUT2D eigenvalue weighted by atomic mass is 16.5. The average molecular weight is 276 g/mol. The van der Waals surface area contributed by atoms with E-state index in [2.05, 4.69) is 13.8 Å². The Morgan fingerprint density at radius 3 is 2.65 bits per heavy atom. The van der Waals surface area contributed by atoms with Crippen LogP contribution in [0.1, 0.15) is 71.6 Å². The van der Waals surface area contributed by atoms with E-state index < -0.39 is 0 Å². The van der Waals surface area contributed by atoms with Gasteiger partial charge in [0, 0.05) is 5.41 Å². The summed E-state index contributed by atoms with van der Waals surface area (Å²) in [5.74, 6) is 1.59. The van der Waals surface area contributed by atoms with E-state index in [1.807, 2.05) is 0 Å². The zero-order valence-electron chi connectivity index (χ0n) is 13.0. The lowest BCUT2D eigenvalue weighted by molar-refractivity contribution is -0.207. The minimum Gasteiger partial charge on any atom is -0.462 e. The van der Waals surface area contributed by atoms with Crippen LogP contribution in [0.2, 0.25) is 0 Å². The minimum absolute atomic E-state index is 0.164. The topological polar surface area (TPSA) is 26.3 Å². The Morgan fingerprint density at radius 2 is 1.80 bits per heavy atom. The molecule has 1 aliphatic heterocycles. The van der Waals surface area contributed by atoms with Crippen molar-refractivity contribution in [1.29, 1.82) is 0 Å². The number of carbonyl (C=O) groups excluding carboxylic acids is 1. The molecule has 0 aromatic heterocycles. The van der Waals surface area contributed by atoms with Gasteiger partial charge >= 0.3 is 5.97 Å². The minimum atomic E-state index is 0.164. The van der Waals surface area contributed by atoms with E-state index in [4.69, 9.17) is 4.74 Å². The number of ether oxygens (including phenoxy) is 1. The first-order chi connectivity index (χ1) is 9.55. The Balaban J connectivity index is 1.71. The van der Waals surface area contributed by atoms with Crippen molar-refractivity contribution >= 4 is 5.97 Å². The van der Waals surface area contributed by atoms with Crippen LogP contribution in [0.25, 0.3) is 0 Å². The Kier molecular flexibility index (Phi) is 2.79. The maximum absolute atomic E-state index is 12.7. The average Bonchev–Trinajstić information content (AvgIpc) is 2.81. The molecule has 0 spiro atoms. The van der Waals surface area contributed by atoms with Crippen molar-refractivity contribution in [3.63, 3.8) is 0 Å². The second-order valence-electron chi connectivity index (χ2n) is 8.50. The molecule has 2 nitrogen and oxygen atoms in total. The first-order valence-electron chi connectivity index (χ1n) is 8.75. The highest BCUT2D eigenvalue weighted by molar-refractivity contribution is 5.75. The summed E-state index contributed by atoms with van der Waals surface area (Å²) in [5.41, 5.74) is 0.707. The van der Waals surface area contributed by atoms with Crippen LogP contribution in [0.5, 0.6) is 0 Å². The Morgan fingerprint density at radius 1 is 0.950 bits per heavy atom. The molecule has 2 heteroatoms. The van der Waals surface area contributed by atoms with E-state index in [1.165, 1.54) is 51.4 Å². The molecule has 0 amide bonds. The van der Waals surface area contributed by atoms with Gasteiger partial charge in [0.1, 0.15) is 6.10 Å². The fourth-order valence-electron chi connectivity index (χ4n) is 6.36. The lowest BCUT2D eigenvalue weighted by atomic mass is 9.50. The summed E-state index contributed by atoms with van der Waals surface area (Å²) in [5, 5.41) is 0. The third kappa shape index (κ3) is 1.60. The van der Waals surface area contributed by atoms with Gasteiger partial charge in [-0.25, -0.2) is 0 Å². The smallest absolute Gasteiger partial charge is 0.309 e. The first-order valence-corrected chi connectivity index (χ1v) is 8.75. The molecule has 6 atom stereocenters. The molecule has 0 N–H and O–H groups in total. The van der Waals surface area contributed by atoms with E-state index in [1.54, 1.807) is 0 Å². The lowest BCUT2D eigenvalue weighted by Gasteiger charge is -2.58. The SMILES string of the molecule is C[C@@]12CCC[C@H]1[C@@H]1C(=O)O[C@H]3CCCC[C@]3(C)[C@H]1CC2. The molecule has 3 saturated carbocycles. The van der Waals surface area contributed by atoms with Gasteiger partial charge in [-0.2, -0.15) is 0 Å². The molecule has 0 bridgehead atoms. The van der Waals surface area contributed by atoms with E-state index in [0.29, 0.717) is 17.3 Å². The van der Waals surface area contributed by atoms with Crippen molar-refractivity contribution in [3.05, 3.63) is 0 Å². The van der Waals surface area contributed by atoms with Gasteiger partial charge in [0.2, 0.25) is 0 Å². The summed E-state index contributed by atoms with van der Waals surface area (Å²) in [6, 6.07) is 0. The molecule has 0 aromatic rings. The van der Waals surface area contributed by atoms with Crippen LogP contribution in [0, 0.1) is 28.6 Å². The number of hydrogen-bond donors (Lipinski definition) is 0. The van der Waals surface area contributed by atoms with Gasteiger partial charge in [-0.15, -0.1) is 0 Å². The maximum Gasteiger partial charge on any atom is 0.309 e. The molecule has 4 rings (SSSR count). The molecule has 1 heterocycles. The molecular weight excluding hydrogens is 248 g/mol. The second kappa shape index (κ2) is 4.24. The van der Waals surface area contributed by atoms with Gasteiger partial charge in [0.05, 0.1) is 5.92 Å². The van der Waals surface area contributed by atoms with Crippen LogP contribution in [0.15, 0.2) is 0 Å². The predicted molar refractivity (Wildman–Crippen MR) is 78.1 cm³/mol. The summed E-state index contributed by atoms with van der Waals surface area (Å²) < 4.78 is 5.98. The maximum atomic E-state index is 12.7. The Hall–Kier alpha value is -0.530. The van der Waals surface area contributed by atoms with Gasteiger partial charge < -0.3 is 4.74 Å². The molecule has 20 heavy (non-hydrogen) atoms. The molecule has 3 aliphatic carbocycles. The van der Waals surface area contributed by atoms with Crippen LogP contribution in [0.4, 0.5) is 0 Å². The third-order valence-electron chi connectivity index (χ3n) is 7.60. The Bertz CT molecular complexity index is 431. The molecule has 4 fully saturated rings. The van der Waals surface area contributed by atoms with Gasteiger partial charge in [-0.3, -0.25) is 4.79 Å². The van der Waals surface area contributed by atoms with Gasteiger partial charge in [-0.05, 0) is 62.2 Å². The second-order valence-corrected chi connectivity index (χ2v) is 8.50. The molecule has 0 aromatic carbocycles. The van der Waals surface area contributed by atoms with E-state index in [-0.39, 0.29) is 23.4 Å². The predicted octanol–water partition coefficient (Wildman–Crippen LogP) is 4.32. The summed E-state index contributed by atoms with van der Waals surface area (Å²) in [6.07, 6.45) is 11.7. The largest absolute Gasteiger partial charge is 0.462 e. The zero-order chi connectivity index (χ0) is 14.0. The summed E-state index contributed by atoms with van der Waals surface area (Å²) in [6.45, 7) is 4.86. The molecule has 1 saturated heterocycles. The first kappa shape index (κ1) is 13.2. The van der Waals surface area contributed by atoms with Crippen LogP contribution < -0.4 is 0 Å². The number of rotatable bonds is 0. The van der Waals surface area contributed by atoms with Crippen LogP contribution in [-0.4, -0.2) is 12.1 Å². The van der Waals surface area contributed by atoms with E-state index >= 15 is 0 Å². The van der Waals surface area contributed by atoms with Crippen LogP contribution >= 0.6 is 0 Å². The van der Waals surface area contributed by atoms with Gasteiger partial charge in [0.15, 0.2) is 0 Å². The van der Waals surface area contributed by atoms with E-state index in [0.717, 1.165) is 6.42 Å². The lowest BCUT2D eigenvalue weighted by Crippen LogP contribution is -2.58. The van der Waals surface area contributed by atoms with Crippen molar-refractivity contribution < 1.29 is 9.53 Å². The highest BCUT2D eigenvalue weighted by Gasteiger charge is 2.61. The summed E-state index contributed by atoms with van der Waals surface area (Å²) in [7, 11) is 0. The normalized spacial score (nSPS) is 54.6. The monoisotopic (exact) mass is 276 g/mol.